The number of rotatable bonds is 5. The fourth-order valence-electron chi connectivity index (χ4n) is 3.84. The van der Waals surface area contributed by atoms with E-state index < -0.39 is 41.2 Å². The van der Waals surface area contributed by atoms with Crippen molar-refractivity contribution in [3.05, 3.63) is 64.5 Å². The molecular formula is C21H22F6O3. The second-order valence-corrected chi connectivity index (χ2v) is 7.58. The van der Waals surface area contributed by atoms with Gasteiger partial charge in [-0.3, -0.25) is 5.26 Å². The lowest BCUT2D eigenvalue weighted by molar-refractivity contribution is -0.277. The smallest absolute Gasteiger partial charge is 0.399 e. The van der Waals surface area contributed by atoms with Crippen molar-refractivity contribution >= 4 is 0 Å². The van der Waals surface area contributed by atoms with E-state index in [0.717, 1.165) is 31.2 Å². The van der Waals surface area contributed by atoms with Gasteiger partial charge in [0.05, 0.1) is 0 Å². The largest absolute Gasteiger partial charge is 0.573 e. The van der Waals surface area contributed by atoms with Crippen LogP contribution in [0.5, 0.6) is 5.75 Å². The van der Waals surface area contributed by atoms with Gasteiger partial charge in [0, 0.05) is 6.99 Å². The highest BCUT2D eigenvalue weighted by Gasteiger charge is 2.35. The Hall–Kier alpha value is -2.26. The Morgan fingerprint density at radius 1 is 0.967 bits per heavy atom. The van der Waals surface area contributed by atoms with E-state index in [1.54, 1.807) is 6.07 Å². The van der Waals surface area contributed by atoms with E-state index in [9.17, 15) is 31.6 Å². The van der Waals surface area contributed by atoms with Gasteiger partial charge in [-0.1, -0.05) is 31.9 Å². The molecule has 0 heterocycles. The molecule has 0 bridgehead atoms. The molecule has 2 aromatic carbocycles. The van der Waals surface area contributed by atoms with Crippen molar-refractivity contribution in [3.63, 3.8) is 0 Å². The predicted octanol–water partition coefficient (Wildman–Crippen LogP) is 7.12. The summed E-state index contributed by atoms with van der Waals surface area (Å²) >= 11 is 0. The highest BCUT2D eigenvalue weighted by Crippen LogP contribution is 2.38. The Labute approximate surface area is 170 Å². The van der Waals surface area contributed by atoms with E-state index in [2.05, 4.69) is 16.5 Å². The lowest BCUT2D eigenvalue weighted by atomic mass is 9.79. The number of ether oxygens (including phenoxy) is 1. The zero-order valence-corrected chi connectivity index (χ0v) is 16.0. The molecule has 1 aliphatic rings. The molecule has 166 valence electrons. The molecule has 2 aromatic rings. The molecule has 0 spiro atoms. The van der Waals surface area contributed by atoms with E-state index in [1.165, 1.54) is 12.1 Å². The molecule has 1 aliphatic carbocycles. The molecule has 1 N–H and O–H groups in total. The van der Waals surface area contributed by atoms with E-state index in [4.69, 9.17) is 0 Å². The minimum atomic E-state index is -5.30. The van der Waals surface area contributed by atoms with Gasteiger partial charge in [0.15, 0.2) is 11.6 Å². The number of hydrogen-bond donors (Lipinski definition) is 1. The van der Waals surface area contributed by atoms with Crippen molar-refractivity contribution in [2.24, 2.45) is 5.92 Å². The maximum Gasteiger partial charge on any atom is 0.573 e. The van der Waals surface area contributed by atoms with Crippen LogP contribution in [0.2, 0.25) is 0 Å². The molecule has 0 saturated heterocycles. The van der Waals surface area contributed by atoms with Crippen LogP contribution in [0.4, 0.5) is 26.3 Å². The highest BCUT2D eigenvalue weighted by atomic mass is 19.4. The first kappa shape index (κ1) is 22.4. The third kappa shape index (κ3) is 5.07. The number of benzene rings is 2. The third-order valence-electron chi connectivity index (χ3n) is 5.44. The molecule has 1 fully saturated rings. The van der Waals surface area contributed by atoms with Gasteiger partial charge in [-0.05, 0) is 54.0 Å². The molecule has 1 saturated carbocycles. The first-order chi connectivity index (χ1) is 14.1. The van der Waals surface area contributed by atoms with E-state index >= 15 is 0 Å². The lowest BCUT2D eigenvalue weighted by Gasteiger charge is -2.27. The van der Waals surface area contributed by atoms with Crippen molar-refractivity contribution < 1.29 is 42.7 Å². The molecule has 1 atom stereocenters. The van der Waals surface area contributed by atoms with Crippen molar-refractivity contribution in [1.82, 2.24) is 0 Å². The quantitative estimate of drug-likeness (QED) is 0.308. The molecule has 30 heavy (non-hydrogen) atoms. The maximum absolute atomic E-state index is 14.8. The fraction of sp³-hybridized carbons (Fsp3) is 0.429. The molecule has 3 nitrogen and oxygen atoms in total. The van der Waals surface area contributed by atoms with Crippen LogP contribution in [0.25, 0.3) is 0 Å². The Balaban J connectivity index is 0.00000341. The third-order valence-corrected chi connectivity index (χ3v) is 5.44. The minimum Gasteiger partial charge on any atom is -0.399 e. The van der Waals surface area contributed by atoms with E-state index in [1.807, 2.05) is 0 Å². The summed E-state index contributed by atoms with van der Waals surface area (Å²) in [5.74, 6) is -4.94. The van der Waals surface area contributed by atoms with E-state index in [0.29, 0.717) is 18.1 Å². The van der Waals surface area contributed by atoms with Gasteiger partial charge in [-0.15, -0.1) is 13.2 Å². The van der Waals surface area contributed by atoms with Crippen molar-refractivity contribution in [1.29, 1.82) is 0 Å². The predicted molar refractivity (Wildman–Crippen MR) is 97.5 cm³/mol. The van der Waals surface area contributed by atoms with Crippen molar-refractivity contribution in [3.8, 4) is 5.75 Å². The summed E-state index contributed by atoms with van der Waals surface area (Å²) in [6, 6.07) is 5.25. The Morgan fingerprint density at radius 3 is 2.07 bits per heavy atom. The van der Waals surface area contributed by atoms with Gasteiger partial charge < -0.3 is 4.74 Å². The Bertz CT molecular complexity index is 874. The Kier molecular flexibility index (Phi) is 6.62. The maximum atomic E-state index is 14.8. The van der Waals surface area contributed by atoms with Crippen LogP contribution in [0.15, 0.2) is 30.3 Å². The van der Waals surface area contributed by atoms with E-state index in [-0.39, 0.29) is 12.9 Å². The summed E-state index contributed by atoms with van der Waals surface area (Å²) in [5.41, 5.74) is 0.139. The molecule has 3 rings (SSSR count). The van der Waals surface area contributed by atoms with Gasteiger partial charge in [0.25, 0.3) is 0 Å². The zero-order valence-electron chi connectivity index (χ0n) is 16.0. The molecule has 0 radical (unpaired) electrons. The van der Waals surface area contributed by atoms with Gasteiger partial charge in [-0.2, -0.15) is 0 Å². The summed E-state index contributed by atoms with van der Waals surface area (Å²) in [7, 11) is 0. The number of alkyl halides is 3. The van der Waals surface area contributed by atoms with Gasteiger partial charge >= 0.3 is 6.36 Å². The van der Waals surface area contributed by atoms with Gasteiger partial charge in [0.2, 0.25) is 5.75 Å². The SMILES string of the molecule is CC1CCC(c2ccc(C(OO)c3cc(F)c(OC(F)(F)F)c(F)c3)c(F)c2)CC1.[HH]. The van der Waals surface area contributed by atoms with Crippen molar-refractivity contribution in [2.75, 3.05) is 0 Å². The van der Waals surface area contributed by atoms with Gasteiger partial charge in [0.1, 0.15) is 11.9 Å². The lowest BCUT2D eigenvalue weighted by Crippen LogP contribution is -2.19. The molecule has 9 heteroatoms. The number of hydrogen-bond acceptors (Lipinski definition) is 3. The summed E-state index contributed by atoms with van der Waals surface area (Å²) in [6.45, 7) is 2.16. The van der Waals surface area contributed by atoms with Crippen LogP contribution in [0.1, 0.15) is 62.7 Å². The monoisotopic (exact) mass is 436 g/mol. The van der Waals surface area contributed by atoms with Crippen LogP contribution in [0, 0.1) is 23.4 Å². The van der Waals surface area contributed by atoms with Crippen LogP contribution in [0.3, 0.4) is 0 Å². The molecule has 1 unspecified atom stereocenters. The first-order valence-corrected chi connectivity index (χ1v) is 9.43. The standard InChI is InChI=1S/C21H20F6O3.H2/c1-11-2-4-12(5-3-11)13-6-7-15(16(22)8-13)19(30-28)14-9-17(23)20(18(24)10-14)29-21(25,26)27;/h6-12,19,28H,2-5H2,1H3;1H. The molecule has 0 amide bonds. The second-order valence-electron chi connectivity index (χ2n) is 7.58. The first-order valence-electron chi connectivity index (χ1n) is 9.43. The van der Waals surface area contributed by atoms with Crippen molar-refractivity contribution in [2.45, 2.75) is 51.0 Å². The van der Waals surface area contributed by atoms with Crippen LogP contribution in [-0.2, 0) is 4.89 Å². The molecule has 0 aromatic heterocycles. The zero-order chi connectivity index (χ0) is 22.1. The topological polar surface area (TPSA) is 38.7 Å². The summed E-state index contributed by atoms with van der Waals surface area (Å²) in [4.78, 5) is 4.22. The Morgan fingerprint density at radius 2 is 1.57 bits per heavy atom. The van der Waals surface area contributed by atoms with Crippen LogP contribution >= 0.6 is 0 Å². The summed E-state index contributed by atoms with van der Waals surface area (Å²) in [6.07, 6.45) is -3.06. The molecule has 0 aliphatic heterocycles. The minimum absolute atomic E-state index is 0. The van der Waals surface area contributed by atoms with Crippen LogP contribution < -0.4 is 4.74 Å². The average molecular weight is 436 g/mol. The molecular weight excluding hydrogens is 414 g/mol. The average Bonchev–Trinajstić information content (AvgIpc) is 2.66. The second kappa shape index (κ2) is 8.85. The van der Waals surface area contributed by atoms with Crippen LogP contribution in [-0.4, -0.2) is 11.6 Å². The number of halogens is 6. The fourth-order valence-corrected chi connectivity index (χ4v) is 3.84. The summed E-state index contributed by atoms with van der Waals surface area (Å²) < 4.78 is 82.9. The van der Waals surface area contributed by atoms with Gasteiger partial charge in [-0.25, -0.2) is 18.1 Å². The highest BCUT2D eigenvalue weighted by molar-refractivity contribution is 5.38. The normalized spacial score (nSPS) is 20.8. The summed E-state index contributed by atoms with van der Waals surface area (Å²) in [5, 5.41) is 9.22.